The van der Waals surface area contributed by atoms with E-state index in [1.807, 2.05) is 12.3 Å². The summed E-state index contributed by atoms with van der Waals surface area (Å²) in [5, 5.41) is 1.10. The van der Waals surface area contributed by atoms with Crippen LogP contribution in [0.5, 0.6) is 0 Å². The third-order valence-electron chi connectivity index (χ3n) is 3.02. The molecule has 0 unspecified atom stereocenters. The Morgan fingerprint density at radius 1 is 1.59 bits per heavy atom. The smallest absolute Gasteiger partial charge is 0.223 e. The second-order valence-electron chi connectivity index (χ2n) is 4.45. The van der Waals surface area contributed by atoms with Gasteiger partial charge in [0.15, 0.2) is 0 Å². The number of amides is 1. The average molecular weight is 294 g/mol. The van der Waals surface area contributed by atoms with Crippen LogP contribution < -0.4 is 5.73 Å². The second kappa shape index (κ2) is 3.84. The molecule has 0 atom stereocenters. The lowest BCUT2D eigenvalue weighted by Gasteiger charge is -2.02. The SMILES string of the molecule is NC(=O)Cc1cc2c(Br)cn(C3CC3)c2cn1. The van der Waals surface area contributed by atoms with E-state index < -0.39 is 0 Å². The Balaban J connectivity index is 2.09. The van der Waals surface area contributed by atoms with E-state index in [2.05, 4.69) is 31.7 Å². The van der Waals surface area contributed by atoms with Crippen molar-refractivity contribution in [2.24, 2.45) is 5.73 Å². The monoisotopic (exact) mass is 293 g/mol. The van der Waals surface area contributed by atoms with E-state index in [9.17, 15) is 4.79 Å². The number of hydrogen-bond donors (Lipinski definition) is 1. The van der Waals surface area contributed by atoms with E-state index in [-0.39, 0.29) is 12.3 Å². The van der Waals surface area contributed by atoms with Crippen LogP contribution in [0.15, 0.2) is 22.9 Å². The molecule has 0 spiro atoms. The maximum Gasteiger partial charge on any atom is 0.223 e. The largest absolute Gasteiger partial charge is 0.369 e. The maximum atomic E-state index is 10.9. The lowest BCUT2D eigenvalue weighted by molar-refractivity contribution is -0.117. The summed E-state index contributed by atoms with van der Waals surface area (Å²) in [6.45, 7) is 0. The summed E-state index contributed by atoms with van der Waals surface area (Å²) in [5.74, 6) is -0.352. The molecule has 1 saturated carbocycles. The fourth-order valence-electron chi connectivity index (χ4n) is 2.08. The summed E-state index contributed by atoms with van der Waals surface area (Å²) < 4.78 is 3.30. The molecule has 0 radical (unpaired) electrons. The average Bonchev–Trinajstić information content (AvgIpc) is 3.05. The first kappa shape index (κ1) is 10.8. The number of nitrogens with zero attached hydrogens (tertiary/aromatic N) is 2. The van der Waals surface area contributed by atoms with Gasteiger partial charge in [-0.25, -0.2) is 0 Å². The fraction of sp³-hybridized carbons (Fsp3) is 0.333. The molecule has 1 fully saturated rings. The Hall–Kier alpha value is -1.36. The van der Waals surface area contributed by atoms with Crippen LogP contribution in [0.4, 0.5) is 0 Å². The van der Waals surface area contributed by atoms with E-state index in [4.69, 9.17) is 5.73 Å². The molecule has 5 heteroatoms. The Morgan fingerprint density at radius 3 is 3.00 bits per heavy atom. The van der Waals surface area contributed by atoms with E-state index in [1.54, 1.807) is 0 Å². The number of fused-ring (bicyclic) bond motifs is 1. The van der Waals surface area contributed by atoms with Crippen LogP contribution in [0.3, 0.4) is 0 Å². The Labute approximate surface area is 107 Å². The molecular formula is C12H12BrN3O. The minimum atomic E-state index is -0.352. The van der Waals surface area contributed by atoms with E-state index in [0.717, 1.165) is 21.1 Å². The predicted molar refractivity (Wildman–Crippen MR) is 68.6 cm³/mol. The minimum Gasteiger partial charge on any atom is -0.369 e. The predicted octanol–water partition coefficient (Wildman–Crippen LogP) is 2.16. The summed E-state index contributed by atoms with van der Waals surface area (Å²) in [6, 6.07) is 2.55. The first-order chi connectivity index (χ1) is 8.15. The van der Waals surface area contributed by atoms with Gasteiger partial charge in [-0.2, -0.15) is 0 Å². The third-order valence-corrected chi connectivity index (χ3v) is 3.65. The highest BCUT2D eigenvalue weighted by atomic mass is 79.9. The van der Waals surface area contributed by atoms with E-state index >= 15 is 0 Å². The quantitative estimate of drug-likeness (QED) is 0.943. The molecule has 2 aromatic heterocycles. The molecule has 4 nitrogen and oxygen atoms in total. The normalized spacial score (nSPS) is 15.4. The van der Waals surface area contributed by atoms with Crippen LogP contribution in [-0.4, -0.2) is 15.5 Å². The molecule has 88 valence electrons. The van der Waals surface area contributed by atoms with Gasteiger partial charge in [0.1, 0.15) is 0 Å². The van der Waals surface area contributed by atoms with Crippen molar-refractivity contribution in [3.05, 3.63) is 28.6 Å². The zero-order chi connectivity index (χ0) is 12.0. The third kappa shape index (κ3) is 1.95. The van der Waals surface area contributed by atoms with Crippen molar-refractivity contribution in [1.29, 1.82) is 0 Å². The van der Waals surface area contributed by atoms with Gasteiger partial charge in [-0.05, 0) is 34.8 Å². The van der Waals surface area contributed by atoms with Crippen LogP contribution >= 0.6 is 15.9 Å². The van der Waals surface area contributed by atoms with Crippen molar-refractivity contribution in [1.82, 2.24) is 9.55 Å². The number of rotatable bonds is 3. The number of carbonyl (C=O) groups is 1. The number of primary amides is 1. The number of pyridine rings is 1. The Bertz CT molecular complexity index is 601. The molecule has 2 aromatic rings. The number of hydrogen-bond acceptors (Lipinski definition) is 2. The van der Waals surface area contributed by atoms with Crippen molar-refractivity contribution >= 4 is 32.7 Å². The highest BCUT2D eigenvalue weighted by Gasteiger charge is 2.25. The van der Waals surface area contributed by atoms with Crippen molar-refractivity contribution < 1.29 is 4.79 Å². The van der Waals surface area contributed by atoms with Gasteiger partial charge in [0.05, 0.1) is 23.8 Å². The van der Waals surface area contributed by atoms with Gasteiger partial charge in [-0.1, -0.05) is 0 Å². The number of nitrogens with two attached hydrogens (primary N) is 1. The molecule has 0 bridgehead atoms. The van der Waals surface area contributed by atoms with Gasteiger partial charge < -0.3 is 10.3 Å². The molecule has 17 heavy (non-hydrogen) atoms. The van der Waals surface area contributed by atoms with Gasteiger partial charge in [0, 0.05) is 22.1 Å². The van der Waals surface area contributed by atoms with Crippen LogP contribution in [0.1, 0.15) is 24.6 Å². The summed E-state index contributed by atoms with van der Waals surface area (Å²) in [4.78, 5) is 15.2. The van der Waals surface area contributed by atoms with Crippen molar-refractivity contribution in [2.75, 3.05) is 0 Å². The van der Waals surface area contributed by atoms with Crippen molar-refractivity contribution in [2.45, 2.75) is 25.3 Å². The van der Waals surface area contributed by atoms with Crippen LogP contribution in [0, 0.1) is 0 Å². The lowest BCUT2D eigenvalue weighted by Crippen LogP contribution is -2.14. The Kier molecular flexibility index (Phi) is 2.43. The van der Waals surface area contributed by atoms with Crippen LogP contribution in [0.25, 0.3) is 10.9 Å². The first-order valence-corrected chi connectivity index (χ1v) is 6.37. The highest BCUT2D eigenvalue weighted by Crippen LogP contribution is 2.40. The molecule has 1 aliphatic rings. The van der Waals surface area contributed by atoms with E-state index in [0.29, 0.717) is 6.04 Å². The Morgan fingerprint density at radius 2 is 2.35 bits per heavy atom. The number of halogens is 1. The number of aromatic nitrogens is 2. The molecule has 1 amide bonds. The zero-order valence-corrected chi connectivity index (χ0v) is 10.8. The highest BCUT2D eigenvalue weighted by molar-refractivity contribution is 9.10. The standard InChI is InChI=1S/C12H12BrN3O/c13-10-6-16(8-1-2-8)11-5-15-7(3-9(10)11)4-12(14)17/h3,5-6,8H,1-2,4H2,(H2,14,17). The van der Waals surface area contributed by atoms with Crippen LogP contribution in [-0.2, 0) is 11.2 Å². The van der Waals surface area contributed by atoms with Crippen molar-refractivity contribution in [3.63, 3.8) is 0 Å². The van der Waals surface area contributed by atoms with Gasteiger partial charge in [-0.3, -0.25) is 9.78 Å². The van der Waals surface area contributed by atoms with Gasteiger partial charge >= 0.3 is 0 Å². The summed E-state index contributed by atoms with van der Waals surface area (Å²) in [6.07, 6.45) is 6.59. The molecule has 1 aliphatic carbocycles. The molecular weight excluding hydrogens is 282 g/mol. The molecule has 0 aromatic carbocycles. The zero-order valence-electron chi connectivity index (χ0n) is 9.19. The maximum absolute atomic E-state index is 10.9. The first-order valence-electron chi connectivity index (χ1n) is 5.58. The fourth-order valence-corrected chi connectivity index (χ4v) is 2.62. The van der Waals surface area contributed by atoms with Gasteiger partial charge in [-0.15, -0.1) is 0 Å². The summed E-state index contributed by atoms with van der Waals surface area (Å²) in [5.41, 5.74) is 7.01. The molecule has 0 aliphatic heterocycles. The van der Waals surface area contributed by atoms with Gasteiger partial charge in [0.25, 0.3) is 0 Å². The van der Waals surface area contributed by atoms with E-state index in [1.165, 1.54) is 12.8 Å². The molecule has 2 N–H and O–H groups in total. The van der Waals surface area contributed by atoms with Crippen molar-refractivity contribution in [3.8, 4) is 0 Å². The van der Waals surface area contributed by atoms with Gasteiger partial charge in [0.2, 0.25) is 5.91 Å². The summed E-state index contributed by atoms with van der Waals surface area (Å²) >= 11 is 3.55. The topological polar surface area (TPSA) is 60.9 Å². The molecule has 3 rings (SSSR count). The molecule has 0 saturated heterocycles. The van der Waals surface area contributed by atoms with Crippen LogP contribution in [0.2, 0.25) is 0 Å². The lowest BCUT2D eigenvalue weighted by atomic mass is 10.2. The minimum absolute atomic E-state index is 0.191. The summed E-state index contributed by atoms with van der Waals surface area (Å²) in [7, 11) is 0. The molecule has 2 heterocycles. The second-order valence-corrected chi connectivity index (χ2v) is 5.31. The number of carbonyl (C=O) groups excluding carboxylic acids is 1.